The van der Waals surface area contributed by atoms with E-state index in [1.165, 1.54) is 25.8 Å². The number of esters is 1. The van der Waals surface area contributed by atoms with Crippen molar-refractivity contribution in [3.63, 3.8) is 0 Å². The lowest BCUT2D eigenvalue weighted by atomic mass is 9.93. The number of rotatable bonds is 7. The van der Waals surface area contributed by atoms with E-state index in [0.29, 0.717) is 25.8 Å². The molecule has 1 aliphatic rings. The fourth-order valence-electron chi connectivity index (χ4n) is 2.49. The van der Waals surface area contributed by atoms with Gasteiger partial charge in [0.15, 0.2) is 5.78 Å². The van der Waals surface area contributed by atoms with Gasteiger partial charge >= 0.3 is 12.1 Å². The lowest BCUT2D eigenvalue weighted by Gasteiger charge is -2.30. The summed E-state index contributed by atoms with van der Waals surface area (Å²) >= 11 is 0. The molecule has 0 aromatic rings. The average molecular weight is 342 g/mol. The van der Waals surface area contributed by atoms with Crippen molar-refractivity contribution in [2.75, 3.05) is 13.6 Å². The van der Waals surface area contributed by atoms with E-state index < -0.39 is 24.4 Å². The number of Topliss-reactive ketones (excluding diaryl/α,β-unsaturated/α-hetero) is 1. The van der Waals surface area contributed by atoms with E-state index in [9.17, 15) is 19.2 Å². The predicted octanol–water partition coefficient (Wildman–Crippen LogP) is 1.37. The summed E-state index contributed by atoms with van der Waals surface area (Å²) < 4.78 is 10.0. The van der Waals surface area contributed by atoms with Gasteiger partial charge in [0.25, 0.3) is 0 Å². The monoisotopic (exact) mass is 342 g/mol. The number of nitrogens with one attached hydrogen (secondary N) is 1. The Morgan fingerprint density at radius 3 is 2.62 bits per heavy atom. The molecule has 2 amide bonds. The van der Waals surface area contributed by atoms with Gasteiger partial charge in [-0.2, -0.15) is 0 Å². The van der Waals surface area contributed by atoms with Crippen LogP contribution in [-0.2, 0) is 23.9 Å². The number of carbonyl (C=O) groups excluding carboxylic acids is 4. The molecule has 1 rings (SSSR count). The van der Waals surface area contributed by atoms with E-state index in [1.54, 1.807) is 0 Å². The number of ether oxygens (including phenoxy) is 2. The average Bonchev–Trinajstić information content (AvgIpc) is 2.51. The molecule has 1 fully saturated rings. The molecule has 0 aliphatic heterocycles. The third-order valence-corrected chi connectivity index (χ3v) is 3.77. The highest BCUT2D eigenvalue weighted by Gasteiger charge is 2.30. The Labute approximate surface area is 141 Å². The second kappa shape index (κ2) is 9.89. The van der Waals surface area contributed by atoms with Crippen LogP contribution in [0.15, 0.2) is 0 Å². The van der Waals surface area contributed by atoms with Gasteiger partial charge in [-0.1, -0.05) is 6.42 Å². The van der Waals surface area contributed by atoms with Crippen molar-refractivity contribution in [3.8, 4) is 0 Å². The number of ketones is 1. The maximum absolute atomic E-state index is 12.0. The van der Waals surface area contributed by atoms with Crippen LogP contribution in [0.2, 0.25) is 0 Å². The van der Waals surface area contributed by atoms with Gasteiger partial charge in [0.1, 0.15) is 0 Å². The summed E-state index contributed by atoms with van der Waals surface area (Å²) in [4.78, 5) is 47.4. The topological polar surface area (TPSA) is 102 Å². The van der Waals surface area contributed by atoms with Crippen molar-refractivity contribution in [2.24, 2.45) is 0 Å². The predicted molar refractivity (Wildman–Crippen MR) is 85.0 cm³/mol. The van der Waals surface area contributed by atoms with Crippen LogP contribution in [-0.4, -0.2) is 54.6 Å². The molecule has 136 valence electrons. The molecule has 0 saturated heterocycles. The van der Waals surface area contributed by atoms with E-state index >= 15 is 0 Å². The molecule has 0 aromatic carbocycles. The third kappa shape index (κ3) is 6.97. The summed E-state index contributed by atoms with van der Waals surface area (Å²) in [5.74, 6) is -0.647. The molecule has 1 N–H and O–H groups in total. The van der Waals surface area contributed by atoms with Crippen molar-refractivity contribution < 1.29 is 28.7 Å². The first kappa shape index (κ1) is 19.9. The van der Waals surface area contributed by atoms with Gasteiger partial charge in [-0.05, 0) is 19.3 Å². The third-order valence-electron chi connectivity index (χ3n) is 3.77. The van der Waals surface area contributed by atoms with Crippen LogP contribution in [0.3, 0.4) is 0 Å². The maximum Gasteiger partial charge on any atom is 0.413 e. The quantitative estimate of drug-likeness (QED) is 0.426. The zero-order valence-corrected chi connectivity index (χ0v) is 14.5. The summed E-state index contributed by atoms with van der Waals surface area (Å²) in [6, 6.07) is -0.466. The highest BCUT2D eigenvalue weighted by Crippen LogP contribution is 2.19. The molecule has 0 heterocycles. The zero-order valence-electron chi connectivity index (χ0n) is 14.5. The Morgan fingerprint density at radius 1 is 1.29 bits per heavy atom. The van der Waals surface area contributed by atoms with Crippen molar-refractivity contribution in [1.29, 1.82) is 0 Å². The number of hydrogen-bond donors (Lipinski definition) is 1. The van der Waals surface area contributed by atoms with Crippen LogP contribution < -0.4 is 5.32 Å². The van der Waals surface area contributed by atoms with Gasteiger partial charge in [0.2, 0.25) is 12.2 Å². The second-order valence-electron chi connectivity index (χ2n) is 5.87. The fraction of sp³-hybridized carbons (Fsp3) is 0.750. The molecule has 2 atom stereocenters. The minimum absolute atomic E-state index is 0.0309. The number of amides is 2. The molecule has 8 nitrogen and oxygen atoms in total. The largest absolute Gasteiger partial charge is 0.425 e. The van der Waals surface area contributed by atoms with Crippen LogP contribution in [0.4, 0.5) is 4.79 Å². The summed E-state index contributed by atoms with van der Waals surface area (Å²) in [5, 5.41) is 2.57. The summed E-state index contributed by atoms with van der Waals surface area (Å²) in [5.41, 5.74) is 0. The molecule has 0 radical (unpaired) electrons. The lowest BCUT2D eigenvalue weighted by Crippen LogP contribution is -2.45. The maximum atomic E-state index is 12.0. The van der Waals surface area contributed by atoms with Crippen LogP contribution in [0.5, 0.6) is 0 Å². The fourth-order valence-corrected chi connectivity index (χ4v) is 2.49. The van der Waals surface area contributed by atoms with E-state index in [4.69, 9.17) is 9.47 Å². The Kier molecular flexibility index (Phi) is 8.21. The summed E-state index contributed by atoms with van der Waals surface area (Å²) in [6.45, 7) is 3.22. The van der Waals surface area contributed by atoms with Crippen molar-refractivity contribution in [3.05, 3.63) is 0 Å². The van der Waals surface area contributed by atoms with Gasteiger partial charge < -0.3 is 19.7 Å². The first-order chi connectivity index (χ1) is 11.3. The minimum atomic E-state index is -1.04. The molecule has 0 bridgehead atoms. The minimum Gasteiger partial charge on any atom is -0.425 e. The second-order valence-corrected chi connectivity index (χ2v) is 5.87. The van der Waals surface area contributed by atoms with Crippen LogP contribution in [0.1, 0.15) is 52.4 Å². The van der Waals surface area contributed by atoms with Crippen LogP contribution in [0.25, 0.3) is 0 Å². The molecule has 1 saturated carbocycles. The Bertz CT molecular complexity index is 479. The highest BCUT2D eigenvalue weighted by molar-refractivity contribution is 5.87. The molecule has 1 unspecified atom stereocenters. The van der Waals surface area contributed by atoms with Gasteiger partial charge in [0.05, 0.1) is 6.04 Å². The first-order valence-electron chi connectivity index (χ1n) is 8.21. The molecular formula is C16H26N2O6. The number of nitrogens with zero attached hydrogens (tertiary/aromatic N) is 1. The smallest absolute Gasteiger partial charge is 0.413 e. The standard InChI is InChI=1S/C16H26N2O6/c1-11(19)17-10-6-9-15(21)23-12(2)24-16(22)18(3)13-7-4-5-8-14(13)20/h12-13H,4-10H2,1-3H3,(H,17,19)/t12?,13-/m1/s1. The molecule has 24 heavy (non-hydrogen) atoms. The van der Waals surface area contributed by atoms with Crippen LogP contribution in [0, 0.1) is 0 Å². The summed E-state index contributed by atoms with van der Waals surface area (Å²) in [7, 11) is 1.51. The van der Waals surface area contributed by atoms with Gasteiger partial charge in [-0.25, -0.2) is 4.79 Å². The Balaban J connectivity index is 2.31. The lowest BCUT2D eigenvalue weighted by molar-refractivity contribution is -0.166. The number of hydrogen-bond acceptors (Lipinski definition) is 6. The number of likely N-dealkylation sites (N-methyl/N-ethyl adjacent to an activating group) is 1. The van der Waals surface area contributed by atoms with Crippen molar-refractivity contribution >= 4 is 23.8 Å². The zero-order chi connectivity index (χ0) is 18.1. The number of carbonyl (C=O) groups is 4. The van der Waals surface area contributed by atoms with E-state index in [1.807, 2.05) is 0 Å². The van der Waals surface area contributed by atoms with Gasteiger partial charge in [0, 0.05) is 40.3 Å². The van der Waals surface area contributed by atoms with Gasteiger partial charge in [-0.3, -0.25) is 14.4 Å². The molecule has 0 spiro atoms. The molecule has 1 aliphatic carbocycles. The normalized spacial score (nSPS) is 18.5. The van der Waals surface area contributed by atoms with E-state index in [2.05, 4.69) is 5.32 Å². The van der Waals surface area contributed by atoms with Crippen LogP contribution >= 0.6 is 0 Å². The first-order valence-corrected chi connectivity index (χ1v) is 8.21. The van der Waals surface area contributed by atoms with E-state index in [0.717, 1.165) is 12.8 Å². The Hall–Kier alpha value is -2.12. The SMILES string of the molecule is CC(=O)NCCCC(=O)OC(C)OC(=O)N(C)[C@@H]1CCCCC1=O. The van der Waals surface area contributed by atoms with Crippen molar-refractivity contribution in [2.45, 2.75) is 64.7 Å². The van der Waals surface area contributed by atoms with E-state index in [-0.39, 0.29) is 18.1 Å². The van der Waals surface area contributed by atoms with Crippen molar-refractivity contribution in [1.82, 2.24) is 10.2 Å². The summed E-state index contributed by atoms with van der Waals surface area (Å²) in [6.07, 6.45) is 1.68. The highest BCUT2D eigenvalue weighted by atomic mass is 16.7. The molecule has 8 heteroatoms. The Morgan fingerprint density at radius 2 is 2.00 bits per heavy atom. The molecular weight excluding hydrogens is 316 g/mol. The van der Waals surface area contributed by atoms with Gasteiger partial charge in [-0.15, -0.1) is 0 Å². The molecule has 0 aromatic heterocycles.